The summed E-state index contributed by atoms with van der Waals surface area (Å²) >= 11 is 0. The van der Waals surface area contributed by atoms with Crippen molar-refractivity contribution < 1.29 is 24.3 Å². The number of aryl methyl sites for hydroxylation is 1. The zero-order valence-corrected chi connectivity index (χ0v) is 13.6. The third-order valence-electron chi connectivity index (χ3n) is 4.61. The van der Waals surface area contributed by atoms with E-state index < -0.39 is 29.4 Å². The van der Waals surface area contributed by atoms with Crippen LogP contribution >= 0.6 is 0 Å². The van der Waals surface area contributed by atoms with Gasteiger partial charge in [0.15, 0.2) is 0 Å². The third kappa shape index (κ3) is 3.07. The second-order valence-electron chi connectivity index (χ2n) is 6.23. The van der Waals surface area contributed by atoms with Crippen LogP contribution in [-0.2, 0) is 26.3 Å². The van der Waals surface area contributed by atoms with E-state index in [4.69, 9.17) is 5.11 Å². The standard InChI is InChI=1S/C17H19N3O5/c21-13(18-9-3-6-14(22)23)10-20-15(24)17(19-16(20)25)8-7-11-4-1-2-5-12(11)17/h1-2,4-5H,3,6-10H2,(H,18,21)(H,19,25)(H,22,23). The van der Waals surface area contributed by atoms with E-state index in [0.717, 1.165) is 16.0 Å². The molecule has 1 aliphatic carbocycles. The van der Waals surface area contributed by atoms with Crippen LogP contribution in [0.4, 0.5) is 4.79 Å². The average Bonchev–Trinajstić information content (AvgIpc) is 3.06. The molecule has 1 spiro atoms. The molecule has 8 nitrogen and oxygen atoms in total. The monoisotopic (exact) mass is 345 g/mol. The molecule has 25 heavy (non-hydrogen) atoms. The quantitative estimate of drug-likeness (QED) is 0.509. The summed E-state index contributed by atoms with van der Waals surface area (Å²) in [6.45, 7) is -0.190. The molecule has 1 unspecified atom stereocenters. The number of hydrogen-bond acceptors (Lipinski definition) is 4. The number of nitrogens with zero attached hydrogens (tertiary/aromatic N) is 1. The Morgan fingerprint density at radius 2 is 2.04 bits per heavy atom. The number of urea groups is 1. The average molecular weight is 345 g/mol. The van der Waals surface area contributed by atoms with Crippen LogP contribution in [0.5, 0.6) is 0 Å². The number of rotatable bonds is 6. The summed E-state index contributed by atoms with van der Waals surface area (Å²) in [5, 5.41) is 13.8. The van der Waals surface area contributed by atoms with E-state index in [1.54, 1.807) is 0 Å². The minimum atomic E-state index is -1.07. The molecule has 4 amide bonds. The molecular weight excluding hydrogens is 326 g/mol. The van der Waals surface area contributed by atoms with Gasteiger partial charge in [0.05, 0.1) is 0 Å². The number of hydrogen-bond donors (Lipinski definition) is 3. The molecule has 3 rings (SSSR count). The molecule has 0 aromatic heterocycles. The molecule has 1 fully saturated rings. The minimum Gasteiger partial charge on any atom is -0.481 e. The van der Waals surface area contributed by atoms with Gasteiger partial charge in [0.25, 0.3) is 5.91 Å². The van der Waals surface area contributed by atoms with Crippen LogP contribution in [0.2, 0.25) is 0 Å². The summed E-state index contributed by atoms with van der Waals surface area (Å²) < 4.78 is 0. The number of nitrogens with one attached hydrogen (secondary N) is 2. The van der Waals surface area contributed by atoms with Gasteiger partial charge in [-0.3, -0.25) is 19.3 Å². The minimum absolute atomic E-state index is 0.0523. The van der Waals surface area contributed by atoms with Crippen molar-refractivity contribution in [1.29, 1.82) is 0 Å². The van der Waals surface area contributed by atoms with Gasteiger partial charge in [-0.1, -0.05) is 24.3 Å². The molecule has 1 atom stereocenters. The molecule has 8 heteroatoms. The van der Waals surface area contributed by atoms with Crippen molar-refractivity contribution in [2.75, 3.05) is 13.1 Å². The summed E-state index contributed by atoms with van der Waals surface area (Å²) in [7, 11) is 0. The lowest BCUT2D eigenvalue weighted by atomic mass is 9.92. The molecule has 0 bridgehead atoms. The molecule has 1 aliphatic heterocycles. The van der Waals surface area contributed by atoms with E-state index in [1.807, 2.05) is 24.3 Å². The first-order chi connectivity index (χ1) is 11.9. The van der Waals surface area contributed by atoms with Crippen LogP contribution in [-0.4, -0.2) is 46.9 Å². The van der Waals surface area contributed by atoms with E-state index in [9.17, 15) is 19.2 Å². The molecule has 1 aromatic rings. The number of carboxylic acid groups (broad SMARTS) is 1. The van der Waals surface area contributed by atoms with Crippen LogP contribution in [0, 0.1) is 0 Å². The van der Waals surface area contributed by atoms with Crippen LogP contribution in [0.1, 0.15) is 30.4 Å². The van der Waals surface area contributed by atoms with Crippen LogP contribution < -0.4 is 10.6 Å². The summed E-state index contributed by atoms with van der Waals surface area (Å²) in [6, 6.07) is 6.89. The summed E-state index contributed by atoms with van der Waals surface area (Å²) in [6.07, 6.45) is 1.41. The fourth-order valence-electron chi connectivity index (χ4n) is 3.40. The third-order valence-corrected chi connectivity index (χ3v) is 4.61. The summed E-state index contributed by atoms with van der Waals surface area (Å²) in [5.41, 5.74) is 0.742. The van der Waals surface area contributed by atoms with Crippen LogP contribution in [0.3, 0.4) is 0 Å². The van der Waals surface area contributed by atoms with E-state index in [-0.39, 0.29) is 19.5 Å². The van der Waals surface area contributed by atoms with Gasteiger partial charge in [-0.15, -0.1) is 0 Å². The fraction of sp³-hybridized carbons (Fsp3) is 0.412. The first-order valence-corrected chi connectivity index (χ1v) is 8.15. The Balaban J connectivity index is 1.65. The van der Waals surface area contributed by atoms with Crippen molar-refractivity contribution in [2.24, 2.45) is 0 Å². The van der Waals surface area contributed by atoms with Crippen molar-refractivity contribution in [1.82, 2.24) is 15.5 Å². The molecule has 0 radical (unpaired) electrons. The number of fused-ring (bicyclic) bond motifs is 2. The number of amides is 4. The first kappa shape index (κ1) is 16.9. The Labute approximate surface area is 144 Å². The smallest absolute Gasteiger partial charge is 0.325 e. The number of aliphatic carboxylic acids is 1. The van der Waals surface area contributed by atoms with Crippen molar-refractivity contribution in [3.63, 3.8) is 0 Å². The van der Waals surface area contributed by atoms with E-state index >= 15 is 0 Å². The van der Waals surface area contributed by atoms with Gasteiger partial charge in [-0.05, 0) is 30.4 Å². The Morgan fingerprint density at radius 3 is 2.80 bits per heavy atom. The maximum absolute atomic E-state index is 12.8. The molecule has 1 aromatic carbocycles. The van der Waals surface area contributed by atoms with Gasteiger partial charge < -0.3 is 15.7 Å². The number of carbonyl (C=O) groups excluding carboxylic acids is 3. The fourth-order valence-corrected chi connectivity index (χ4v) is 3.40. The number of benzene rings is 1. The molecule has 0 saturated carbocycles. The molecule has 2 aliphatic rings. The van der Waals surface area contributed by atoms with Crippen LogP contribution in [0.15, 0.2) is 24.3 Å². The SMILES string of the molecule is O=C(O)CCCNC(=O)CN1C(=O)NC2(CCc3ccccc32)C1=O. The van der Waals surface area contributed by atoms with Crippen molar-refractivity contribution >= 4 is 23.8 Å². The lowest BCUT2D eigenvalue weighted by molar-refractivity contribution is -0.137. The van der Waals surface area contributed by atoms with Gasteiger partial charge in [0.2, 0.25) is 5.91 Å². The number of imide groups is 1. The highest BCUT2D eigenvalue weighted by Crippen LogP contribution is 2.41. The van der Waals surface area contributed by atoms with Gasteiger partial charge in [0, 0.05) is 13.0 Å². The molecule has 1 heterocycles. The highest BCUT2D eigenvalue weighted by molar-refractivity contribution is 6.09. The van der Waals surface area contributed by atoms with Crippen molar-refractivity contribution in [2.45, 2.75) is 31.2 Å². The Morgan fingerprint density at radius 1 is 1.28 bits per heavy atom. The Bertz CT molecular complexity index is 748. The second kappa shape index (κ2) is 6.54. The topological polar surface area (TPSA) is 116 Å². The molecular formula is C17H19N3O5. The zero-order valence-electron chi connectivity index (χ0n) is 13.6. The molecule has 3 N–H and O–H groups in total. The first-order valence-electron chi connectivity index (χ1n) is 8.15. The van der Waals surface area contributed by atoms with E-state index in [0.29, 0.717) is 19.3 Å². The number of carbonyl (C=O) groups is 4. The van der Waals surface area contributed by atoms with Gasteiger partial charge >= 0.3 is 12.0 Å². The summed E-state index contributed by atoms with van der Waals surface area (Å²) in [5.74, 6) is -1.84. The van der Waals surface area contributed by atoms with Crippen molar-refractivity contribution in [3.8, 4) is 0 Å². The Kier molecular flexibility index (Phi) is 4.43. The Hall–Kier alpha value is -2.90. The lowest BCUT2D eigenvalue weighted by Gasteiger charge is -2.22. The maximum Gasteiger partial charge on any atom is 0.325 e. The normalized spacial score (nSPS) is 21.4. The maximum atomic E-state index is 12.8. The van der Waals surface area contributed by atoms with Crippen molar-refractivity contribution in [3.05, 3.63) is 35.4 Å². The predicted molar refractivity (Wildman–Crippen MR) is 86.6 cm³/mol. The molecule has 1 saturated heterocycles. The predicted octanol–water partition coefficient (Wildman–Crippen LogP) is 0.361. The lowest BCUT2D eigenvalue weighted by Crippen LogP contribution is -2.44. The van der Waals surface area contributed by atoms with Gasteiger partial charge in [0.1, 0.15) is 12.1 Å². The summed E-state index contributed by atoms with van der Waals surface area (Å²) in [4.78, 5) is 48.4. The van der Waals surface area contributed by atoms with Gasteiger partial charge in [-0.2, -0.15) is 0 Å². The highest BCUT2D eigenvalue weighted by Gasteiger charge is 2.55. The molecule has 132 valence electrons. The van der Waals surface area contributed by atoms with Gasteiger partial charge in [-0.25, -0.2) is 4.79 Å². The number of carboxylic acids is 1. The van der Waals surface area contributed by atoms with E-state index in [2.05, 4.69) is 10.6 Å². The second-order valence-corrected chi connectivity index (χ2v) is 6.23. The largest absolute Gasteiger partial charge is 0.481 e. The van der Waals surface area contributed by atoms with Crippen LogP contribution in [0.25, 0.3) is 0 Å². The highest BCUT2D eigenvalue weighted by atomic mass is 16.4. The zero-order chi connectivity index (χ0) is 18.0. The van der Waals surface area contributed by atoms with E-state index in [1.165, 1.54) is 0 Å².